The zero-order chi connectivity index (χ0) is 20.4. The average Bonchev–Trinajstić information content (AvgIpc) is 3.20. The molecule has 29 heavy (non-hydrogen) atoms. The van der Waals surface area contributed by atoms with Gasteiger partial charge in [-0.1, -0.05) is 27.7 Å². The Labute approximate surface area is 178 Å². The van der Waals surface area contributed by atoms with Gasteiger partial charge in [0.15, 0.2) is 5.79 Å². The van der Waals surface area contributed by atoms with Crippen LogP contribution >= 0.6 is 0 Å². The first-order chi connectivity index (χ1) is 13.9. The molecule has 0 aromatic carbocycles. The van der Waals surface area contributed by atoms with Crippen molar-refractivity contribution in [1.82, 2.24) is 0 Å². The molecule has 0 radical (unpaired) electrons. The van der Waals surface area contributed by atoms with Gasteiger partial charge in [-0.15, -0.1) is 0 Å². The van der Waals surface area contributed by atoms with E-state index in [1.165, 1.54) is 44.9 Å². The van der Waals surface area contributed by atoms with Crippen molar-refractivity contribution in [3.8, 4) is 0 Å². The third-order valence-corrected chi connectivity index (χ3v) is 10.9. The Hall–Kier alpha value is -0.120. The highest BCUT2D eigenvalue weighted by molar-refractivity contribution is 5.10. The van der Waals surface area contributed by atoms with Crippen LogP contribution in [0.5, 0.6) is 0 Å². The molecule has 3 saturated carbocycles. The Bertz CT molecular complexity index is 597. The van der Waals surface area contributed by atoms with Gasteiger partial charge in [0.2, 0.25) is 0 Å². The number of rotatable bonds is 3. The lowest BCUT2D eigenvalue weighted by molar-refractivity contribution is -0.272. The summed E-state index contributed by atoms with van der Waals surface area (Å²) < 4.78 is 13.2. The minimum absolute atomic E-state index is 0.264. The van der Waals surface area contributed by atoms with E-state index in [0.717, 1.165) is 55.0 Å². The predicted molar refractivity (Wildman–Crippen MR) is 115 cm³/mol. The summed E-state index contributed by atoms with van der Waals surface area (Å²) in [6.07, 6.45) is 11.9. The van der Waals surface area contributed by atoms with E-state index in [4.69, 9.17) is 9.47 Å². The fourth-order valence-electron chi connectivity index (χ4n) is 9.02. The quantitative estimate of drug-likeness (QED) is 0.660. The molecule has 1 N–H and O–H groups in total. The maximum atomic E-state index is 9.49. The van der Waals surface area contributed by atoms with E-state index in [0.29, 0.717) is 30.0 Å². The summed E-state index contributed by atoms with van der Waals surface area (Å²) in [5.41, 5.74) is 0.421. The predicted octanol–water partition coefficient (Wildman–Crippen LogP) is 5.65. The Morgan fingerprint density at radius 2 is 1.76 bits per heavy atom. The summed E-state index contributed by atoms with van der Waals surface area (Å²) in [6.45, 7) is 11.0. The van der Waals surface area contributed by atoms with Crippen molar-refractivity contribution in [2.45, 2.75) is 97.4 Å². The number of aliphatic hydroxyl groups excluding tert-OH is 1. The summed E-state index contributed by atoms with van der Waals surface area (Å²) >= 11 is 0. The number of ether oxygens (including phenoxy) is 2. The molecule has 1 spiro atoms. The largest absolute Gasteiger partial charge is 0.396 e. The minimum Gasteiger partial charge on any atom is -0.396 e. The van der Waals surface area contributed by atoms with Crippen LogP contribution in [-0.2, 0) is 9.47 Å². The van der Waals surface area contributed by atoms with Crippen molar-refractivity contribution in [2.24, 2.45) is 52.8 Å². The first-order valence-electron chi connectivity index (χ1n) is 12.8. The van der Waals surface area contributed by atoms with Crippen molar-refractivity contribution in [2.75, 3.05) is 13.2 Å². The van der Waals surface area contributed by atoms with Gasteiger partial charge >= 0.3 is 0 Å². The molecular formula is C26H44O3. The molecule has 2 aliphatic heterocycles. The van der Waals surface area contributed by atoms with Crippen molar-refractivity contribution < 1.29 is 14.6 Å². The highest BCUT2D eigenvalue weighted by atomic mass is 16.7. The van der Waals surface area contributed by atoms with Gasteiger partial charge in [-0.25, -0.2) is 0 Å². The summed E-state index contributed by atoms with van der Waals surface area (Å²) in [5, 5.41) is 9.49. The summed E-state index contributed by atoms with van der Waals surface area (Å²) in [4.78, 5) is 0. The molecule has 5 aliphatic rings. The van der Waals surface area contributed by atoms with E-state index in [2.05, 4.69) is 27.7 Å². The molecule has 3 nitrogen and oxygen atoms in total. The smallest absolute Gasteiger partial charge is 0.171 e. The molecule has 5 fully saturated rings. The van der Waals surface area contributed by atoms with Crippen molar-refractivity contribution in [3.63, 3.8) is 0 Å². The van der Waals surface area contributed by atoms with Gasteiger partial charge in [-0.3, -0.25) is 0 Å². The van der Waals surface area contributed by atoms with Gasteiger partial charge in [-0.05, 0) is 98.2 Å². The fourth-order valence-corrected chi connectivity index (χ4v) is 9.02. The van der Waals surface area contributed by atoms with Crippen LogP contribution in [0.15, 0.2) is 0 Å². The second-order valence-electron chi connectivity index (χ2n) is 12.0. The van der Waals surface area contributed by atoms with E-state index in [1.807, 2.05) is 0 Å². The van der Waals surface area contributed by atoms with Crippen molar-refractivity contribution in [3.05, 3.63) is 0 Å². The molecule has 0 aromatic heterocycles. The number of fused-ring (bicyclic) bond motifs is 5. The Morgan fingerprint density at radius 1 is 0.966 bits per heavy atom. The van der Waals surface area contributed by atoms with E-state index in [-0.39, 0.29) is 5.79 Å². The molecule has 2 heterocycles. The number of aliphatic hydroxyl groups is 1. The lowest BCUT2D eigenvalue weighted by Gasteiger charge is -2.56. The van der Waals surface area contributed by atoms with Gasteiger partial charge in [0.1, 0.15) is 0 Å². The van der Waals surface area contributed by atoms with E-state index in [9.17, 15) is 5.11 Å². The van der Waals surface area contributed by atoms with Gasteiger partial charge in [0, 0.05) is 18.9 Å². The maximum Gasteiger partial charge on any atom is 0.171 e. The molecule has 0 bridgehead atoms. The molecule has 3 heteroatoms. The molecule has 5 rings (SSSR count). The standard InChI is InChI=1S/C26H44O3/c1-16-10-12-26(28-15-16)18(3)24-20-8-9-22-19(21(20)14-23(24)29-26)7-6-17(2)25(22,4)11-5-13-27/h16-24,27H,5-15H2,1-4H3/t16-,17?,18-,19?,20?,21-,22-,23-,24+,25-,26+/m0/s1. The van der Waals surface area contributed by atoms with Crippen LogP contribution in [0.2, 0.25) is 0 Å². The lowest BCUT2D eigenvalue weighted by Crippen LogP contribution is -2.50. The number of hydrogen-bond donors (Lipinski definition) is 1. The topological polar surface area (TPSA) is 38.7 Å². The third kappa shape index (κ3) is 3.08. The average molecular weight is 405 g/mol. The van der Waals surface area contributed by atoms with Gasteiger partial charge in [0.05, 0.1) is 12.7 Å². The molecule has 11 atom stereocenters. The highest BCUT2D eigenvalue weighted by Gasteiger charge is 2.64. The second kappa shape index (κ2) is 7.48. The monoisotopic (exact) mass is 404 g/mol. The lowest BCUT2D eigenvalue weighted by atomic mass is 9.49. The van der Waals surface area contributed by atoms with Crippen LogP contribution in [-0.4, -0.2) is 30.2 Å². The van der Waals surface area contributed by atoms with Gasteiger partial charge in [-0.2, -0.15) is 0 Å². The Kier molecular flexibility index (Phi) is 5.36. The molecular weight excluding hydrogens is 360 g/mol. The van der Waals surface area contributed by atoms with Crippen LogP contribution in [0.1, 0.15) is 85.5 Å². The highest BCUT2D eigenvalue weighted by Crippen LogP contribution is 2.66. The van der Waals surface area contributed by atoms with Crippen molar-refractivity contribution in [1.29, 1.82) is 0 Å². The van der Waals surface area contributed by atoms with E-state index >= 15 is 0 Å². The van der Waals surface area contributed by atoms with E-state index < -0.39 is 0 Å². The zero-order valence-electron chi connectivity index (χ0n) is 19.2. The molecule has 0 amide bonds. The molecule has 166 valence electrons. The van der Waals surface area contributed by atoms with Crippen LogP contribution in [0.3, 0.4) is 0 Å². The third-order valence-electron chi connectivity index (χ3n) is 10.9. The second-order valence-corrected chi connectivity index (χ2v) is 12.0. The first kappa shape index (κ1) is 20.8. The molecule has 0 aromatic rings. The fraction of sp³-hybridized carbons (Fsp3) is 1.00. The van der Waals surface area contributed by atoms with Crippen LogP contribution in [0.25, 0.3) is 0 Å². The SMILES string of the molecule is CC1CCC2[C@@H]3C[C@@H]4O[C@]5(CC[C@H](C)CO5)[C@@H](C)[C@@H]4C3CC[C@@H]2[C@@]1(C)CCCO. The van der Waals surface area contributed by atoms with Gasteiger partial charge < -0.3 is 14.6 Å². The number of hydrogen-bond acceptors (Lipinski definition) is 3. The summed E-state index contributed by atoms with van der Waals surface area (Å²) in [7, 11) is 0. The van der Waals surface area contributed by atoms with Gasteiger partial charge in [0.25, 0.3) is 0 Å². The zero-order valence-corrected chi connectivity index (χ0v) is 19.2. The summed E-state index contributed by atoms with van der Waals surface area (Å²) in [5.74, 6) is 5.95. The van der Waals surface area contributed by atoms with Crippen LogP contribution in [0, 0.1) is 52.8 Å². The molecule has 3 unspecified atom stereocenters. The minimum atomic E-state index is -0.264. The first-order valence-corrected chi connectivity index (χ1v) is 12.8. The van der Waals surface area contributed by atoms with Crippen LogP contribution in [0.4, 0.5) is 0 Å². The maximum absolute atomic E-state index is 9.49. The molecule has 2 saturated heterocycles. The normalized spacial score (nSPS) is 56.8. The molecule has 3 aliphatic carbocycles. The Morgan fingerprint density at radius 3 is 2.48 bits per heavy atom. The van der Waals surface area contributed by atoms with Crippen molar-refractivity contribution >= 4 is 0 Å². The van der Waals surface area contributed by atoms with Crippen LogP contribution < -0.4 is 0 Å². The Balaban J connectivity index is 1.34. The van der Waals surface area contributed by atoms with E-state index in [1.54, 1.807) is 0 Å². The summed E-state index contributed by atoms with van der Waals surface area (Å²) in [6, 6.07) is 0.